The molecule has 1 N–H and O–H groups in total. The first-order valence-corrected chi connectivity index (χ1v) is 12.4. The van der Waals surface area contributed by atoms with E-state index >= 15 is 0 Å². The van der Waals surface area contributed by atoms with Crippen LogP contribution in [0, 0.1) is 13.8 Å². The number of nitrogens with one attached hydrogen (secondary N) is 1. The number of carbonyl (C=O) groups is 2. The Hall–Kier alpha value is -3.59. The number of aromatic nitrogens is 2. The molecule has 9 heteroatoms. The molecule has 4 rings (SSSR count). The number of anilines is 1. The normalized spacial score (nSPS) is 12.8. The smallest absolute Gasteiger partial charge is 0.247 e. The zero-order chi connectivity index (χ0) is 24.8. The molecule has 1 aliphatic rings. The van der Waals surface area contributed by atoms with E-state index in [-0.39, 0.29) is 24.4 Å². The average Bonchev–Trinajstić information content (AvgIpc) is 3.30. The van der Waals surface area contributed by atoms with E-state index in [1.807, 2.05) is 57.2 Å². The molecule has 1 atom stereocenters. The third-order valence-electron chi connectivity index (χ3n) is 5.51. The first kappa shape index (κ1) is 24.5. The molecule has 2 amide bonds. The van der Waals surface area contributed by atoms with Gasteiger partial charge >= 0.3 is 0 Å². The number of thioether (sulfide) groups is 1. The number of amides is 2. The van der Waals surface area contributed by atoms with Crippen LogP contribution in [0.15, 0.2) is 59.8 Å². The van der Waals surface area contributed by atoms with Crippen molar-refractivity contribution in [3.8, 4) is 11.5 Å². The predicted octanol–water partition coefficient (Wildman–Crippen LogP) is 4.36. The van der Waals surface area contributed by atoms with E-state index in [0.717, 1.165) is 17.0 Å². The highest BCUT2D eigenvalue weighted by Crippen LogP contribution is 2.34. The molecule has 0 saturated carbocycles. The minimum atomic E-state index is -0.658. The van der Waals surface area contributed by atoms with Gasteiger partial charge in [-0.05, 0) is 44.0 Å². The largest absolute Gasteiger partial charge is 0.454 e. The van der Waals surface area contributed by atoms with Crippen molar-refractivity contribution in [2.24, 2.45) is 0 Å². The Bertz CT molecular complexity index is 1180. The predicted molar refractivity (Wildman–Crippen MR) is 134 cm³/mol. The fourth-order valence-electron chi connectivity index (χ4n) is 3.87. The highest BCUT2D eigenvalue weighted by molar-refractivity contribution is 7.99. The molecule has 182 valence electrons. The zero-order valence-corrected chi connectivity index (χ0v) is 20.8. The summed E-state index contributed by atoms with van der Waals surface area (Å²) in [6, 6.07) is 16.1. The van der Waals surface area contributed by atoms with Crippen LogP contribution in [0.5, 0.6) is 11.5 Å². The Kier molecular flexibility index (Phi) is 7.87. The molecule has 8 nitrogen and oxygen atoms in total. The minimum absolute atomic E-state index is 0.129. The van der Waals surface area contributed by atoms with E-state index in [0.29, 0.717) is 35.3 Å². The second kappa shape index (κ2) is 11.2. The molecule has 0 aliphatic carbocycles. The summed E-state index contributed by atoms with van der Waals surface area (Å²) < 4.78 is 10.8. The van der Waals surface area contributed by atoms with Gasteiger partial charge < -0.3 is 19.7 Å². The van der Waals surface area contributed by atoms with Crippen molar-refractivity contribution >= 4 is 29.3 Å². The molecule has 2 aromatic carbocycles. The van der Waals surface area contributed by atoms with Crippen molar-refractivity contribution in [1.29, 1.82) is 0 Å². The van der Waals surface area contributed by atoms with Crippen molar-refractivity contribution in [2.75, 3.05) is 17.9 Å². The Morgan fingerprint density at radius 1 is 1.03 bits per heavy atom. The summed E-state index contributed by atoms with van der Waals surface area (Å²) in [5.74, 6) is 0.931. The summed E-state index contributed by atoms with van der Waals surface area (Å²) in [7, 11) is 0. The molecular weight excluding hydrogens is 464 g/mol. The number of benzene rings is 2. The molecule has 1 aliphatic heterocycles. The fraction of sp³-hybridized carbons (Fsp3) is 0.308. The van der Waals surface area contributed by atoms with Crippen molar-refractivity contribution in [3.63, 3.8) is 0 Å². The summed E-state index contributed by atoms with van der Waals surface area (Å²) in [6.45, 7) is 6.17. The number of carbonyl (C=O) groups excluding carboxylic acids is 2. The molecule has 1 aromatic heterocycles. The Labute approximate surface area is 209 Å². The van der Waals surface area contributed by atoms with E-state index in [1.54, 1.807) is 23.1 Å². The quantitative estimate of drug-likeness (QED) is 0.350. The maximum absolute atomic E-state index is 13.4. The monoisotopic (exact) mass is 492 g/mol. The van der Waals surface area contributed by atoms with Gasteiger partial charge in [-0.25, -0.2) is 9.97 Å². The van der Waals surface area contributed by atoms with Gasteiger partial charge in [0.05, 0.1) is 5.75 Å². The van der Waals surface area contributed by atoms with E-state index in [2.05, 4.69) is 15.3 Å². The maximum Gasteiger partial charge on any atom is 0.247 e. The van der Waals surface area contributed by atoms with Crippen LogP contribution in [0.25, 0.3) is 0 Å². The lowest BCUT2D eigenvalue weighted by atomic mass is 10.1. The molecule has 0 fully saturated rings. The van der Waals surface area contributed by atoms with E-state index in [1.165, 1.54) is 11.8 Å². The topological polar surface area (TPSA) is 93.7 Å². The van der Waals surface area contributed by atoms with E-state index in [9.17, 15) is 9.59 Å². The van der Waals surface area contributed by atoms with Crippen molar-refractivity contribution in [3.05, 3.63) is 71.5 Å². The third kappa shape index (κ3) is 6.30. The summed E-state index contributed by atoms with van der Waals surface area (Å²) in [5, 5.41) is 3.48. The van der Waals surface area contributed by atoms with Crippen molar-refractivity contribution < 1.29 is 19.1 Å². The molecule has 0 saturated heterocycles. The molecule has 0 spiro atoms. The van der Waals surface area contributed by atoms with Crippen LogP contribution in [-0.2, 0) is 16.1 Å². The van der Waals surface area contributed by atoms with Crippen LogP contribution >= 0.6 is 11.8 Å². The number of aryl methyl sites for hydroxylation is 2. The molecule has 0 radical (unpaired) electrons. The zero-order valence-electron chi connectivity index (χ0n) is 20.0. The van der Waals surface area contributed by atoms with Gasteiger partial charge in [0, 0.05) is 29.7 Å². The standard InChI is InChI=1S/C26H28N4O4S/c1-4-21(25(32)29-20-10-11-22-23(13-20)34-16-33-22)30(14-19-8-6-5-7-9-19)24(31)15-35-26-27-17(2)12-18(3)28-26/h5-13,21H,4,14-16H2,1-3H3,(H,29,32). The minimum Gasteiger partial charge on any atom is -0.454 e. The van der Waals surface area contributed by atoms with Crippen LogP contribution in [0.3, 0.4) is 0 Å². The second-order valence-corrected chi connectivity index (χ2v) is 9.15. The Morgan fingerprint density at radius 2 is 1.74 bits per heavy atom. The number of rotatable bonds is 9. The maximum atomic E-state index is 13.4. The van der Waals surface area contributed by atoms with Gasteiger partial charge in [-0.15, -0.1) is 0 Å². The van der Waals surface area contributed by atoms with Crippen LogP contribution in [0.1, 0.15) is 30.3 Å². The Morgan fingerprint density at radius 3 is 2.46 bits per heavy atom. The van der Waals surface area contributed by atoms with Gasteiger partial charge in [0.1, 0.15) is 6.04 Å². The van der Waals surface area contributed by atoms with Gasteiger partial charge in [-0.1, -0.05) is 49.0 Å². The van der Waals surface area contributed by atoms with Crippen molar-refractivity contribution in [2.45, 2.75) is 44.9 Å². The Balaban J connectivity index is 1.52. The van der Waals surface area contributed by atoms with E-state index < -0.39 is 6.04 Å². The van der Waals surface area contributed by atoms with Gasteiger partial charge in [0.25, 0.3) is 0 Å². The number of hydrogen-bond donors (Lipinski definition) is 1. The number of ether oxygens (including phenoxy) is 2. The highest BCUT2D eigenvalue weighted by Gasteiger charge is 2.29. The molecule has 2 heterocycles. The lowest BCUT2D eigenvalue weighted by molar-refractivity contribution is -0.137. The summed E-state index contributed by atoms with van der Waals surface area (Å²) in [5.41, 5.74) is 3.23. The molecule has 1 unspecified atom stereocenters. The fourth-order valence-corrected chi connectivity index (χ4v) is 4.70. The lowest BCUT2D eigenvalue weighted by Gasteiger charge is -2.30. The average molecular weight is 493 g/mol. The SMILES string of the molecule is CCC(C(=O)Nc1ccc2c(c1)OCO2)N(Cc1ccccc1)C(=O)CSc1nc(C)cc(C)n1. The second-order valence-electron chi connectivity index (χ2n) is 8.21. The van der Waals surface area contributed by atoms with E-state index in [4.69, 9.17) is 9.47 Å². The molecule has 3 aromatic rings. The van der Waals surface area contributed by atoms with Crippen LogP contribution < -0.4 is 14.8 Å². The number of hydrogen-bond acceptors (Lipinski definition) is 7. The van der Waals surface area contributed by atoms with Crippen LogP contribution in [0.4, 0.5) is 5.69 Å². The summed E-state index contributed by atoms with van der Waals surface area (Å²) in [4.78, 5) is 37.2. The lowest BCUT2D eigenvalue weighted by Crippen LogP contribution is -2.47. The molecular formula is C26H28N4O4S. The van der Waals surface area contributed by atoms with Crippen molar-refractivity contribution in [1.82, 2.24) is 14.9 Å². The first-order chi connectivity index (χ1) is 16.9. The third-order valence-corrected chi connectivity index (χ3v) is 6.34. The number of fused-ring (bicyclic) bond motifs is 1. The van der Waals surface area contributed by atoms with Gasteiger partial charge in [0.2, 0.25) is 18.6 Å². The summed E-state index contributed by atoms with van der Waals surface area (Å²) >= 11 is 1.28. The van der Waals surface area contributed by atoms with Crippen LogP contribution in [0.2, 0.25) is 0 Å². The van der Waals surface area contributed by atoms with Gasteiger partial charge in [-0.2, -0.15) is 0 Å². The van der Waals surface area contributed by atoms with Gasteiger partial charge in [-0.3, -0.25) is 9.59 Å². The molecule has 35 heavy (non-hydrogen) atoms. The molecule has 0 bridgehead atoms. The first-order valence-electron chi connectivity index (χ1n) is 11.4. The van der Waals surface area contributed by atoms with Gasteiger partial charge in [0.15, 0.2) is 16.7 Å². The van der Waals surface area contributed by atoms with Crippen LogP contribution in [-0.4, -0.2) is 45.3 Å². The highest BCUT2D eigenvalue weighted by atomic mass is 32.2. The number of nitrogens with zero attached hydrogens (tertiary/aromatic N) is 3. The summed E-state index contributed by atoms with van der Waals surface area (Å²) in [6.07, 6.45) is 0.458.